The molecule has 1 aromatic carbocycles. The number of nitrogens with one attached hydrogen (secondary N) is 2. The van der Waals surface area contributed by atoms with Gasteiger partial charge in [0.15, 0.2) is 5.82 Å². The molecule has 0 saturated heterocycles. The van der Waals surface area contributed by atoms with Crippen molar-refractivity contribution >= 4 is 11.5 Å². The molecule has 1 aliphatic rings. The molecule has 0 amide bonds. The number of nitrogens with zero attached hydrogens (tertiary/aromatic N) is 2. The van der Waals surface area contributed by atoms with Crippen LogP contribution in [0.15, 0.2) is 30.3 Å². The zero-order valence-electron chi connectivity index (χ0n) is 10.5. The van der Waals surface area contributed by atoms with Crippen molar-refractivity contribution in [2.24, 2.45) is 0 Å². The van der Waals surface area contributed by atoms with Crippen LogP contribution in [-0.2, 0) is 19.3 Å². The van der Waals surface area contributed by atoms with E-state index in [1.807, 2.05) is 10.7 Å². The highest BCUT2D eigenvalue weighted by atomic mass is 19.4. The lowest BCUT2D eigenvalue weighted by atomic mass is 10.2. The van der Waals surface area contributed by atoms with E-state index in [9.17, 15) is 13.2 Å². The van der Waals surface area contributed by atoms with Gasteiger partial charge < -0.3 is 10.6 Å². The molecule has 0 spiro atoms. The molecule has 0 atom stereocenters. The number of benzene rings is 1. The van der Waals surface area contributed by atoms with Crippen LogP contribution < -0.4 is 10.6 Å². The number of anilines is 2. The number of alkyl halides is 3. The fraction of sp³-hybridized carbons (Fsp3) is 0.308. The van der Waals surface area contributed by atoms with Gasteiger partial charge >= 0.3 is 6.18 Å². The van der Waals surface area contributed by atoms with Gasteiger partial charge in [-0.2, -0.15) is 18.3 Å². The highest BCUT2D eigenvalue weighted by molar-refractivity contribution is 5.56. The summed E-state index contributed by atoms with van der Waals surface area (Å²) in [7, 11) is 0. The van der Waals surface area contributed by atoms with Crippen molar-refractivity contribution in [1.82, 2.24) is 15.1 Å². The minimum absolute atomic E-state index is 0.585. The first-order valence-electron chi connectivity index (χ1n) is 6.24. The Labute approximate surface area is 113 Å². The van der Waals surface area contributed by atoms with E-state index in [0.717, 1.165) is 37.5 Å². The van der Waals surface area contributed by atoms with Gasteiger partial charge in [0.25, 0.3) is 0 Å². The maximum absolute atomic E-state index is 12.5. The average molecular weight is 282 g/mol. The van der Waals surface area contributed by atoms with E-state index < -0.39 is 11.7 Å². The van der Waals surface area contributed by atoms with E-state index in [1.165, 1.54) is 12.1 Å². The maximum atomic E-state index is 12.5. The molecule has 0 radical (unpaired) electrons. The number of hydrogen-bond donors (Lipinski definition) is 2. The van der Waals surface area contributed by atoms with E-state index in [2.05, 4.69) is 15.7 Å². The number of aromatic nitrogens is 2. The van der Waals surface area contributed by atoms with Gasteiger partial charge in [-0.3, -0.25) is 4.68 Å². The molecule has 2 aromatic rings. The van der Waals surface area contributed by atoms with Crippen LogP contribution in [0.3, 0.4) is 0 Å². The minimum Gasteiger partial charge on any atom is -0.339 e. The van der Waals surface area contributed by atoms with Crippen LogP contribution in [0, 0.1) is 0 Å². The Bertz CT molecular complexity index is 578. The van der Waals surface area contributed by atoms with Gasteiger partial charge in [0, 0.05) is 24.8 Å². The van der Waals surface area contributed by atoms with Crippen LogP contribution in [0.5, 0.6) is 0 Å². The summed E-state index contributed by atoms with van der Waals surface area (Å²) < 4.78 is 39.3. The zero-order valence-corrected chi connectivity index (χ0v) is 10.5. The first-order valence-corrected chi connectivity index (χ1v) is 6.24. The standard InChI is InChI=1S/C13H13F3N4/c14-13(15,16)9-1-3-10(4-2-9)18-12-7-11-8-17-5-6-20(11)19-12/h1-4,7,17H,5-6,8H2,(H,18,19). The van der Waals surface area contributed by atoms with Crippen LogP contribution in [0.2, 0.25) is 0 Å². The van der Waals surface area contributed by atoms with Gasteiger partial charge in [-0.15, -0.1) is 0 Å². The van der Waals surface area contributed by atoms with Crippen molar-refractivity contribution in [1.29, 1.82) is 0 Å². The molecule has 0 aliphatic carbocycles. The summed E-state index contributed by atoms with van der Waals surface area (Å²) in [5.41, 5.74) is 0.989. The Kier molecular flexibility index (Phi) is 3.13. The highest BCUT2D eigenvalue weighted by Gasteiger charge is 2.29. The normalized spacial score (nSPS) is 14.9. The summed E-state index contributed by atoms with van der Waals surface area (Å²) in [4.78, 5) is 0. The Morgan fingerprint density at radius 1 is 1.20 bits per heavy atom. The molecule has 7 heteroatoms. The second kappa shape index (κ2) is 4.82. The van der Waals surface area contributed by atoms with Crippen molar-refractivity contribution in [3.8, 4) is 0 Å². The van der Waals surface area contributed by atoms with Crippen molar-refractivity contribution in [2.75, 3.05) is 11.9 Å². The predicted molar refractivity (Wildman–Crippen MR) is 68.7 cm³/mol. The molecule has 1 aromatic heterocycles. The molecular weight excluding hydrogens is 269 g/mol. The van der Waals surface area contributed by atoms with Crippen LogP contribution in [0.25, 0.3) is 0 Å². The Morgan fingerprint density at radius 3 is 2.60 bits per heavy atom. The molecule has 1 aliphatic heterocycles. The van der Waals surface area contributed by atoms with E-state index in [0.29, 0.717) is 11.5 Å². The summed E-state index contributed by atoms with van der Waals surface area (Å²) in [6.45, 7) is 2.42. The first-order chi connectivity index (χ1) is 9.52. The van der Waals surface area contributed by atoms with Crippen LogP contribution in [0.4, 0.5) is 24.7 Å². The van der Waals surface area contributed by atoms with Gasteiger partial charge in [-0.05, 0) is 24.3 Å². The topological polar surface area (TPSA) is 41.9 Å². The van der Waals surface area contributed by atoms with Crippen molar-refractivity contribution in [3.05, 3.63) is 41.6 Å². The van der Waals surface area contributed by atoms with E-state index in [-0.39, 0.29) is 0 Å². The van der Waals surface area contributed by atoms with Crippen LogP contribution in [-0.4, -0.2) is 16.3 Å². The van der Waals surface area contributed by atoms with Crippen LogP contribution in [0.1, 0.15) is 11.3 Å². The summed E-state index contributed by atoms with van der Waals surface area (Å²) in [5.74, 6) is 0.642. The molecule has 0 unspecified atom stereocenters. The molecule has 0 bridgehead atoms. The second-order valence-electron chi connectivity index (χ2n) is 4.62. The molecule has 0 fully saturated rings. The quantitative estimate of drug-likeness (QED) is 0.890. The van der Waals surface area contributed by atoms with Gasteiger partial charge in [0.1, 0.15) is 0 Å². The summed E-state index contributed by atoms with van der Waals surface area (Å²) >= 11 is 0. The van der Waals surface area contributed by atoms with Crippen molar-refractivity contribution < 1.29 is 13.2 Å². The van der Waals surface area contributed by atoms with Gasteiger partial charge in [0.2, 0.25) is 0 Å². The molecule has 4 nitrogen and oxygen atoms in total. The SMILES string of the molecule is FC(F)(F)c1ccc(Nc2cc3n(n2)CCNC3)cc1. The van der Waals surface area contributed by atoms with E-state index >= 15 is 0 Å². The molecular formula is C13H13F3N4. The monoisotopic (exact) mass is 282 g/mol. The van der Waals surface area contributed by atoms with Gasteiger partial charge in [-0.1, -0.05) is 0 Å². The lowest BCUT2D eigenvalue weighted by Crippen LogP contribution is -2.28. The Hall–Kier alpha value is -2.02. The smallest absolute Gasteiger partial charge is 0.339 e. The zero-order chi connectivity index (χ0) is 14.2. The fourth-order valence-electron chi connectivity index (χ4n) is 2.14. The molecule has 20 heavy (non-hydrogen) atoms. The van der Waals surface area contributed by atoms with Crippen molar-refractivity contribution in [3.63, 3.8) is 0 Å². The van der Waals surface area contributed by atoms with Crippen LogP contribution >= 0.6 is 0 Å². The Morgan fingerprint density at radius 2 is 1.95 bits per heavy atom. The largest absolute Gasteiger partial charge is 0.416 e. The second-order valence-corrected chi connectivity index (χ2v) is 4.62. The molecule has 3 rings (SSSR count). The Balaban J connectivity index is 1.76. The molecule has 0 saturated carbocycles. The molecule has 2 N–H and O–H groups in total. The third kappa shape index (κ3) is 2.62. The number of halogens is 3. The first kappa shape index (κ1) is 13.0. The number of rotatable bonds is 2. The molecule has 2 heterocycles. The number of hydrogen-bond acceptors (Lipinski definition) is 3. The maximum Gasteiger partial charge on any atom is 0.416 e. The fourth-order valence-corrected chi connectivity index (χ4v) is 2.14. The highest BCUT2D eigenvalue weighted by Crippen LogP contribution is 2.30. The van der Waals surface area contributed by atoms with E-state index in [1.54, 1.807) is 0 Å². The minimum atomic E-state index is -4.31. The van der Waals surface area contributed by atoms with Gasteiger partial charge in [0.05, 0.1) is 17.8 Å². The molecule has 106 valence electrons. The summed E-state index contributed by atoms with van der Waals surface area (Å²) in [6.07, 6.45) is -4.31. The van der Waals surface area contributed by atoms with Gasteiger partial charge in [-0.25, -0.2) is 0 Å². The lowest BCUT2D eigenvalue weighted by Gasteiger charge is -2.13. The summed E-state index contributed by atoms with van der Waals surface area (Å²) in [5, 5.41) is 10.6. The number of fused-ring (bicyclic) bond motifs is 1. The van der Waals surface area contributed by atoms with Crippen molar-refractivity contribution in [2.45, 2.75) is 19.3 Å². The third-order valence-electron chi connectivity index (χ3n) is 3.15. The lowest BCUT2D eigenvalue weighted by molar-refractivity contribution is -0.137. The third-order valence-corrected chi connectivity index (χ3v) is 3.15. The van der Waals surface area contributed by atoms with E-state index in [4.69, 9.17) is 0 Å². The summed E-state index contributed by atoms with van der Waals surface area (Å²) in [6, 6.07) is 6.81. The average Bonchev–Trinajstić information content (AvgIpc) is 2.80. The predicted octanol–water partition coefficient (Wildman–Crippen LogP) is 2.75.